The van der Waals surface area contributed by atoms with Crippen molar-refractivity contribution in [1.82, 2.24) is 9.97 Å². The Bertz CT molecular complexity index is 846. The second-order valence-corrected chi connectivity index (χ2v) is 6.32. The van der Waals surface area contributed by atoms with Crippen LogP contribution in [0, 0.1) is 6.92 Å². The molecule has 102 valence electrons. The molecule has 0 unspecified atom stereocenters. The molecule has 3 aromatic heterocycles. The summed E-state index contributed by atoms with van der Waals surface area (Å²) in [6.45, 7) is 1.60. The summed E-state index contributed by atoms with van der Waals surface area (Å²) in [6.07, 6.45) is 0.528. The molecule has 3 heterocycles. The van der Waals surface area contributed by atoms with Crippen molar-refractivity contribution >= 4 is 38.9 Å². The van der Waals surface area contributed by atoms with E-state index in [0.717, 1.165) is 16.2 Å². The van der Waals surface area contributed by atoms with Crippen molar-refractivity contribution in [2.24, 2.45) is 0 Å². The number of carbonyl (C=O) groups is 1. The fourth-order valence-corrected chi connectivity index (χ4v) is 3.79. The lowest BCUT2D eigenvalue weighted by Gasteiger charge is -1.99. The van der Waals surface area contributed by atoms with Gasteiger partial charge in [0.15, 0.2) is 0 Å². The van der Waals surface area contributed by atoms with Crippen molar-refractivity contribution in [3.05, 3.63) is 49.0 Å². The quantitative estimate of drug-likeness (QED) is 0.790. The number of H-pyrrole nitrogens is 1. The Hall–Kier alpha value is -1.99. The molecule has 0 aliphatic rings. The lowest BCUT2D eigenvalue weighted by Crippen LogP contribution is -2.21. The SMILES string of the molecule is Cc1c(C(=O)[O-])sc2nc(Cc3cccs3)[nH]c(=O)c12. The van der Waals surface area contributed by atoms with Gasteiger partial charge in [-0.2, -0.15) is 0 Å². The van der Waals surface area contributed by atoms with Crippen LogP contribution in [-0.2, 0) is 6.42 Å². The Morgan fingerprint density at radius 2 is 2.30 bits per heavy atom. The van der Waals surface area contributed by atoms with Crippen LogP contribution in [0.25, 0.3) is 10.2 Å². The number of hydrogen-bond acceptors (Lipinski definition) is 6. The minimum absolute atomic E-state index is 0.0614. The highest BCUT2D eigenvalue weighted by atomic mass is 32.1. The van der Waals surface area contributed by atoms with Crippen LogP contribution in [0.15, 0.2) is 22.3 Å². The molecule has 0 aromatic carbocycles. The van der Waals surface area contributed by atoms with Crippen molar-refractivity contribution in [3.63, 3.8) is 0 Å². The predicted molar refractivity (Wildman–Crippen MR) is 76.4 cm³/mol. The Morgan fingerprint density at radius 3 is 2.95 bits per heavy atom. The van der Waals surface area contributed by atoms with Crippen molar-refractivity contribution in [2.75, 3.05) is 0 Å². The molecule has 1 N–H and O–H groups in total. The standard InChI is InChI=1S/C13H10N2O3S2/c1-6-9-11(16)14-8(5-7-3-2-4-19-7)15-12(9)20-10(6)13(17)18/h2-4H,5H2,1H3,(H,17,18)(H,14,15,16)/p-1. The molecule has 0 spiro atoms. The summed E-state index contributed by atoms with van der Waals surface area (Å²) in [4.78, 5) is 31.7. The number of carboxylic acids is 1. The van der Waals surface area contributed by atoms with Gasteiger partial charge in [0.1, 0.15) is 10.7 Å². The molecule has 0 radical (unpaired) electrons. The van der Waals surface area contributed by atoms with Crippen LogP contribution < -0.4 is 10.7 Å². The Labute approximate surface area is 121 Å². The van der Waals surface area contributed by atoms with Crippen molar-refractivity contribution in [2.45, 2.75) is 13.3 Å². The van der Waals surface area contributed by atoms with E-state index in [0.29, 0.717) is 28.0 Å². The first kappa shape index (κ1) is 13.0. The molecule has 0 aliphatic heterocycles. The minimum atomic E-state index is -1.27. The summed E-state index contributed by atoms with van der Waals surface area (Å²) in [5.41, 5.74) is 0.115. The number of rotatable bonds is 3. The zero-order valence-electron chi connectivity index (χ0n) is 10.4. The molecule has 20 heavy (non-hydrogen) atoms. The summed E-state index contributed by atoms with van der Waals surface area (Å²) in [5.74, 6) is -0.735. The number of hydrogen-bond donors (Lipinski definition) is 1. The van der Waals surface area contributed by atoms with E-state index >= 15 is 0 Å². The number of nitrogens with zero attached hydrogens (tertiary/aromatic N) is 1. The minimum Gasteiger partial charge on any atom is -0.544 e. The first-order chi connectivity index (χ1) is 9.56. The number of carbonyl (C=O) groups excluding carboxylic acids is 1. The van der Waals surface area contributed by atoms with Gasteiger partial charge >= 0.3 is 0 Å². The largest absolute Gasteiger partial charge is 0.544 e. The molecule has 0 saturated heterocycles. The van der Waals surface area contributed by atoms with Gasteiger partial charge in [-0.3, -0.25) is 4.79 Å². The average molecular weight is 305 g/mol. The van der Waals surface area contributed by atoms with E-state index in [4.69, 9.17) is 0 Å². The van der Waals surface area contributed by atoms with Gasteiger partial charge in [0.2, 0.25) is 0 Å². The third kappa shape index (κ3) is 2.14. The van der Waals surface area contributed by atoms with Crippen LogP contribution in [0.5, 0.6) is 0 Å². The maximum Gasteiger partial charge on any atom is 0.259 e. The predicted octanol–water partition coefficient (Wildman–Crippen LogP) is 1.31. The summed E-state index contributed by atoms with van der Waals surface area (Å²) in [7, 11) is 0. The lowest BCUT2D eigenvalue weighted by atomic mass is 10.2. The summed E-state index contributed by atoms with van der Waals surface area (Å²) < 4.78 is 0. The van der Waals surface area contributed by atoms with Gasteiger partial charge in [-0.1, -0.05) is 6.07 Å². The van der Waals surface area contributed by atoms with Crippen LogP contribution >= 0.6 is 22.7 Å². The first-order valence-electron chi connectivity index (χ1n) is 5.82. The summed E-state index contributed by atoms with van der Waals surface area (Å²) >= 11 is 2.56. The van der Waals surface area contributed by atoms with Crippen LogP contribution in [0.3, 0.4) is 0 Å². The van der Waals surface area contributed by atoms with E-state index in [1.165, 1.54) is 0 Å². The van der Waals surface area contributed by atoms with E-state index < -0.39 is 5.97 Å². The van der Waals surface area contributed by atoms with Crippen molar-refractivity contribution < 1.29 is 9.90 Å². The number of nitrogens with one attached hydrogen (secondary N) is 1. The van der Waals surface area contributed by atoms with Crippen LogP contribution in [0.2, 0.25) is 0 Å². The second-order valence-electron chi connectivity index (χ2n) is 4.29. The average Bonchev–Trinajstić information content (AvgIpc) is 2.97. The van der Waals surface area contributed by atoms with Crippen molar-refractivity contribution in [1.29, 1.82) is 0 Å². The fourth-order valence-electron chi connectivity index (χ4n) is 2.05. The number of thiophene rings is 2. The normalized spacial score (nSPS) is 11.1. The van der Waals surface area contributed by atoms with Crippen molar-refractivity contribution in [3.8, 4) is 0 Å². The van der Waals surface area contributed by atoms with Gasteiger partial charge in [0, 0.05) is 11.3 Å². The Balaban J connectivity index is 2.14. The second kappa shape index (κ2) is 4.84. The number of aryl methyl sites for hydroxylation is 1. The molecule has 0 saturated carbocycles. The first-order valence-corrected chi connectivity index (χ1v) is 7.52. The van der Waals surface area contributed by atoms with E-state index in [1.54, 1.807) is 18.3 Å². The van der Waals surface area contributed by atoms with E-state index in [-0.39, 0.29) is 10.4 Å². The van der Waals surface area contributed by atoms with E-state index in [9.17, 15) is 14.7 Å². The highest BCUT2D eigenvalue weighted by Gasteiger charge is 2.15. The number of fused-ring (bicyclic) bond motifs is 1. The molecule has 3 rings (SSSR count). The Morgan fingerprint density at radius 1 is 1.50 bits per heavy atom. The van der Waals surface area contributed by atoms with E-state index in [1.807, 2.05) is 17.5 Å². The molecule has 0 aliphatic carbocycles. The Kier molecular flexibility index (Phi) is 3.15. The maximum absolute atomic E-state index is 12.1. The zero-order chi connectivity index (χ0) is 14.3. The summed E-state index contributed by atoms with van der Waals surface area (Å²) in [6, 6.07) is 3.89. The number of aromatic amines is 1. The molecule has 7 heteroatoms. The third-order valence-electron chi connectivity index (χ3n) is 2.96. The van der Waals surface area contributed by atoms with Gasteiger partial charge in [-0.15, -0.1) is 22.7 Å². The highest BCUT2D eigenvalue weighted by Crippen LogP contribution is 2.26. The molecule has 0 amide bonds. The van der Waals surface area contributed by atoms with E-state index in [2.05, 4.69) is 9.97 Å². The van der Waals surface area contributed by atoms with Crippen LogP contribution in [0.4, 0.5) is 0 Å². The smallest absolute Gasteiger partial charge is 0.259 e. The van der Waals surface area contributed by atoms with Gasteiger partial charge in [-0.25, -0.2) is 4.98 Å². The monoisotopic (exact) mass is 305 g/mol. The highest BCUT2D eigenvalue weighted by molar-refractivity contribution is 7.20. The number of carboxylic acid groups (broad SMARTS) is 1. The third-order valence-corrected chi connectivity index (χ3v) is 5.00. The van der Waals surface area contributed by atoms with Gasteiger partial charge in [-0.05, 0) is 23.9 Å². The molecule has 5 nitrogen and oxygen atoms in total. The topological polar surface area (TPSA) is 85.9 Å². The zero-order valence-corrected chi connectivity index (χ0v) is 12.1. The number of aromatic carboxylic acids is 1. The van der Waals surface area contributed by atoms with Crippen LogP contribution in [0.1, 0.15) is 25.9 Å². The van der Waals surface area contributed by atoms with Crippen LogP contribution in [-0.4, -0.2) is 15.9 Å². The molecule has 0 bridgehead atoms. The molecular formula is C13H9N2O3S2-. The maximum atomic E-state index is 12.1. The lowest BCUT2D eigenvalue weighted by molar-refractivity contribution is -0.254. The molecule has 0 atom stereocenters. The summed E-state index contributed by atoms with van der Waals surface area (Å²) in [5, 5.41) is 13.3. The fraction of sp³-hybridized carbons (Fsp3) is 0.154. The van der Waals surface area contributed by atoms with Gasteiger partial charge in [0.05, 0.1) is 16.2 Å². The van der Waals surface area contributed by atoms with Gasteiger partial charge < -0.3 is 14.9 Å². The molecule has 3 aromatic rings. The number of aromatic nitrogens is 2. The van der Waals surface area contributed by atoms with Gasteiger partial charge in [0.25, 0.3) is 5.56 Å². The molecular weight excluding hydrogens is 296 g/mol. The molecule has 0 fully saturated rings.